The maximum Gasteiger partial charge on any atom is 0.0909 e. The second-order valence-corrected chi connectivity index (χ2v) is 5.76. The van der Waals surface area contributed by atoms with Crippen LogP contribution in [-0.4, -0.2) is 5.11 Å². The van der Waals surface area contributed by atoms with Crippen molar-refractivity contribution >= 4 is 15.9 Å². The van der Waals surface area contributed by atoms with Gasteiger partial charge in [-0.3, -0.25) is 0 Å². The molecule has 2 aromatic carbocycles. The first-order chi connectivity index (χ1) is 8.49. The van der Waals surface area contributed by atoms with Gasteiger partial charge in [0.05, 0.1) is 5.60 Å². The van der Waals surface area contributed by atoms with E-state index in [2.05, 4.69) is 15.9 Å². The minimum atomic E-state index is -0.850. The Labute approximate surface area is 117 Å². The lowest BCUT2D eigenvalue weighted by Crippen LogP contribution is -2.24. The topological polar surface area (TPSA) is 20.2 Å². The average Bonchev–Trinajstić information content (AvgIpc) is 2.32. The normalized spacial score (nSPS) is 14.2. The molecule has 0 aliphatic rings. The van der Waals surface area contributed by atoms with E-state index in [9.17, 15) is 5.11 Å². The van der Waals surface area contributed by atoms with E-state index in [0.29, 0.717) is 6.42 Å². The summed E-state index contributed by atoms with van der Waals surface area (Å²) in [7, 11) is 0. The van der Waals surface area contributed by atoms with Gasteiger partial charge < -0.3 is 5.11 Å². The molecule has 0 aromatic heterocycles. The second kappa shape index (κ2) is 5.25. The Morgan fingerprint density at radius 3 is 2.28 bits per heavy atom. The molecule has 2 aromatic rings. The fourth-order valence-corrected chi connectivity index (χ4v) is 2.45. The summed E-state index contributed by atoms with van der Waals surface area (Å²) in [6.45, 7) is 3.91. The van der Waals surface area contributed by atoms with Crippen molar-refractivity contribution in [1.82, 2.24) is 0 Å². The number of rotatable bonds is 3. The Morgan fingerprint density at radius 1 is 1.06 bits per heavy atom. The Bertz CT molecular complexity index is 529. The van der Waals surface area contributed by atoms with Crippen LogP contribution in [-0.2, 0) is 12.0 Å². The minimum absolute atomic E-state index is 0.595. The third-order valence-electron chi connectivity index (χ3n) is 3.17. The molecule has 94 valence electrons. The van der Waals surface area contributed by atoms with Crippen molar-refractivity contribution in [3.63, 3.8) is 0 Å². The summed E-state index contributed by atoms with van der Waals surface area (Å²) in [5.74, 6) is 0. The summed E-state index contributed by atoms with van der Waals surface area (Å²) < 4.78 is 1.04. The van der Waals surface area contributed by atoms with E-state index in [1.807, 2.05) is 62.4 Å². The number of aryl methyl sites for hydroxylation is 1. The number of aliphatic hydroxyl groups is 1. The van der Waals surface area contributed by atoms with Gasteiger partial charge in [0.15, 0.2) is 0 Å². The Hall–Kier alpha value is -1.12. The predicted molar refractivity (Wildman–Crippen MR) is 78.6 cm³/mol. The molecule has 0 spiro atoms. The van der Waals surface area contributed by atoms with Gasteiger partial charge in [0.25, 0.3) is 0 Å². The molecule has 0 saturated carbocycles. The third kappa shape index (κ3) is 3.01. The van der Waals surface area contributed by atoms with E-state index in [1.165, 1.54) is 5.56 Å². The molecule has 0 aliphatic heterocycles. The molecule has 0 saturated heterocycles. The van der Waals surface area contributed by atoms with Gasteiger partial charge in [-0.2, -0.15) is 0 Å². The molecule has 0 aliphatic carbocycles. The largest absolute Gasteiger partial charge is 0.385 e. The monoisotopic (exact) mass is 304 g/mol. The van der Waals surface area contributed by atoms with Crippen LogP contribution in [0.2, 0.25) is 0 Å². The highest BCUT2D eigenvalue weighted by Gasteiger charge is 2.24. The summed E-state index contributed by atoms with van der Waals surface area (Å²) in [5, 5.41) is 10.6. The highest BCUT2D eigenvalue weighted by molar-refractivity contribution is 9.10. The van der Waals surface area contributed by atoms with Crippen molar-refractivity contribution < 1.29 is 5.11 Å². The molecule has 1 nitrogen and oxygen atoms in total. The molecule has 0 radical (unpaired) electrons. The standard InChI is InChI=1S/C16H17BrO/c1-12-7-9-14(10-8-12)16(2,18)11-13-5-3-4-6-15(13)17/h3-10,18H,11H2,1-2H3. The number of halogens is 1. The summed E-state index contributed by atoms with van der Waals surface area (Å²) >= 11 is 3.52. The van der Waals surface area contributed by atoms with Gasteiger partial charge in [0, 0.05) is 10.9 Å². The lowest BCUT2D eigenvalue weighted by Gasteiger charge is -2.24. The summed E-state index contributed by atoms with van der Waals surface area (Å²) in [5.41, 5.74) is 2.42. The van der Waals surface area contributed by atoms with E-state index in [-0.39, 0.29) is 0 Å². The molecule has 18 heavy (non-hydrogen) atoms. The smallest absolute Gasteiger partial charge is 0.0909 e. The molecule has 0 bridgehead atoms. The van der Waals surface area contributed by atoms with Crippen molar-refractivity contribution in [3.05, 3.63) is 69.7 Å². The van der Waals surface area contributed by atoms with Crippen molar-refractivity contribution in [3.8, 4) is 0 Å². The maximum atomic E-state index is 10.6. The molecule has 1 unspecified atom stereocenters. The molecular weight excluding hydrogens is 288 g/mol. The highest BCUT2D eigenvalue weighted by Crippen LogP contribution is 2.28. The SMILES string of the molecule is Cc1ccc(C(C)(O)Cc2ccccc2Br)cc1. The second-order valence-electron chi connectivity index (χ2n) is 4.91. The van der Waals surface area contributed by atoms with Crippen LogP contribution >= 0.6 is 15.9 Å². The minimum Gasteiger partial charge on any atom is -0.385 e. The zero-order valence-electron chi connectivity index (χ0n) is 10.7. The zero-order chi connectivity index (χ0) is 13.2. The van der Waals surface area contributed by atoms with Crippen LogP contribution in [0.1, 0.15) is 23.6 Å². The van der Waals surface area contributed by atoms with Gasteiger partial charge in [-0.25, -0.2) is 0 Å². The van der Waals surface area contributed by atoms with Gasteiger partial charge in [-0.15, -0.1) is 0 Å². The lowest BCUT2D eigenvalue weighted by molar-refractivity contribution is 0.0574. The van der Waals surface area contributed by atoms with E-state index < -0.39 is 5.60 Å². The van der Waals surface area contributed by atoms with Gasteiger partial charge in [0.1, 0.15) is 0 Å². The average molecular weight is 305 g/mol. The molecule has 0 amide bonds. The molecule has 1 N–H and O–H groups in total. The number of hydrogen-bond donors (Lipinski definition) is 1. The van der Waals surface area contributed by atoms with E-state index in [1.54, 1.807) is 0 Å². The quantitative estimate of drug-likeness (QED) is 0.900. The van der Waals surface area contributed by atoms with E-state index in [4.69, 9.17) is 0 Å². The Balaban J connectivity index is 2.27. The first-order valence-electron chi connectivity index (χ1n) is 6.02. The Kier molecular flexibility index (Phi) is 3.88. The molecular formula is C16H17BrO. The van der Waals surface area contributed by atoms with Gasteiger partial charge >= 0.3 is 0 Å². The summed E-state index contributed by atoms with van der Waals surface area (Å²) in [6.07, 6.45) is 0.595. The van der Waals surface area contributed by atoms with Gasteiger partial charge in [-0.05, 0) is 31.0 Å². The fourth-order valence-electron chi connectivity index (χ4n) is 2.03. The molecule has 0 heterocycles. The predicted octanol–water partition coefficient (Wildman–Crippen LogP) is 4.21. The van der Waals surface area contributed by atoms with Crippen LogP contribution in [0.15, 0.2) is 53.0 Å². The first-order valence-corrected chi connectivity index (χ1v) is 6.81. The van der Waals surface area contributed by atoms with Crippen molar-refractivity contribution in [2.24, 2.45) is 0 Å². The van der Waals surface area contributed by atoms with Crippen molar-refractivity contribution in [2.45, 2.75) is 25.9 Å². The van der Waals surface area contributed by atoms with Crippen LogP contribution in [0.5, 0.6) is 0 Å². The van der Waals surface area contributed by atoms with E-state index >= 15 is 0 Å². The first kappa shape index (κ1) is 13.3. The van der Waals surface area contributed by atoms with Crippen LogP contribution in [0.25, 0.3) is 0 Å². The molecule has 1 atom stereocenters. The number of benzene rings is 2. The zero-order valence-corrected chi connectivity index (χ0v) is 12.2. The van der Waals surface area contributed by atoms with Crippen LogP contribution in [0.3, 0.4) is 0 Å². The van der Waals surface area contributed by atoms with Gasteiger partial charge in [-0.1, -0.05) is 64.0 Å². The van der Waals surface area contributed by atoms with Crippen LogP contribution in [0, 0.1) is 6.92 Å². The number of hydrogen-bond acceptors (Lipinski definition) is 1. The Morgan fingerprint density at radius 2 is 1.67 bits per heavy atom. The molecule has 2 heteroatoms. The van der Waals surface area contributed by atoms with E-state index in [0.717, 1.165) is 15.6 Å². The summed E-state index contributed by atoms with van der Waals surface area (Å²) in [4.78, 5) is 0. The van der Waals surface area contributed by atoms with Crippen molar-refractivity contribution in [2.75, 3.05) is 0 Å². The van der Waals surface area contributed by atoms with Crippen molar-refractivity contribution in [1.29, 1.82) is 0 Å². The van der Waals surface area contributed by atoms with Gasteiger partial charge in [0.2, 0.25) is 0 Å². The third-order valence-corrected chi connectivity index (χ3v) is 3.94. The fraction of sp³-hybridized carbons (Fsp3) is 0.250. The summed E-state index contributed by atoms with van der Waals surface area (Å²) in [6, 6.07) is 16.1. The lowest BCUT2D eigenvalue weighted by atomic mass is 9.89. The highest BCUT2D eigenvalue weighted by atomic mass is 79.9. The maximum absolute atomic E-state index is 10.6. The van der Waals surface area contributed by atoms with Crippen LogP contribution < -0.4 is 0 Å². The molecule has 2 rings (SSSR count). The molecule has 0 fully saturated rings. The van der Waals surface area contributed by atoms with Crippen LogP contribution in [0.4, 0.5) is 0 Å².